The lowest BCUT2D eigenvalue weighted by Gasteiger charge is -2.33. The van der Waals surface area contributed by atoms with E-state index in [1.54, 1.807) is 4.90 Å². The molecule has 0 radical (unpaired) electrons. The predicted octanol–water partition coefficient (Wildman–Crippen LogP) is 3.81. The minimum absolute atomic E-state index is 0.0519. The van der Waals surface area contributed by atoms with Crippen molar-refractivity contribution in [1.29, 1.82) is 0 Å². The molecule has 0 unspecified atom stereocenters. The summed E-state index contributed by atoms with van der Waals surface area (Å²) in [5.41, 5.74) is 5.58. The van der Waals surface area contributed by atoms with Crippen molar-refractivity contribution in [2.24, 2.45) is 5.92 Å². The van der Waals surface area contributed by atoms with Crippen molar-refractivity contribution in [2.45, 2.75) is 47.1 Å². The number of aromatic amines is 1. The molecule has 1 saturated heterocycles. The number of nitrogens with one attached hydrogen (secondary N) is 2. The molecule has 9 heteroatoms. The normalized spacial score (nSPS) is 15.6. The van der Waals surface area contributed by atoms with E-state index in [2.05, 4.69) is 27.1 Å². The second-order valence-electron chi connectivity index (χ2n) is 11.3. The molecule has 2 amide bonds. The number of aryl methyl sites for hydroxylation is 2. The van der Waals surface area contributed by atoms with Crippen molar-refractivity contribution in [3.63, 3.8) is 0 Å². The Morgan fingerprint density at radius 2 is 1.78 bits per heavy atom. The number of carbonyl (C=O) groups is 2. The van der Waals surface area contributed by atoms with Crippen LogP contribution >= 0.6 is 0 Å². The molecule has 1 saturated carbocycles. The number of H-pyrrole nitrogens is 1. The number of nitrogens with zero attached hydrogens (tertiary/aromatic N) is 4. The highest BCUT2D eigenvalue weighted by atomic mass is 16.2. The third-order valence-electron chi connectivity index (χ3n) is 8.25. The molecule has 3 heterocycles. The van der Waals surface area contributed by atoms with E-state index in [1.807, 2.05) is 64.2 Å². The second kappa shape index (κ2) is 11.9. The van der Waals surface area contributed by atoms with Crippen molar-refractivity contribution in [1.82, 2.24) is 20.2 Å². The monoisotopic (exact) mass is 556 g/mol. The molecule has 9 nitrogen and oxygen atoms in total. The molecule has 2 fully saturated rings. The molecule has 2 N–H and O–H groups in total. The lowest BCUT2D eigenvalue weighted by molar-refractivity contribution is -0.119. The predicted molar refractivity (Wildman–Crippen MR) is 163 cm³/mol. The molecule has 0 bridgehead atoms. The Morgan fingerprint density at radius 3 is 2.39 bits per heavy atom. The zero-order valence-electron chi connectivity index (χ0n) is 24.7. The van der Waals surface area contributed by atoms with E-state index in [0.29, 0.717) is 17.7 Å². The molecule has 2 aliphatic rings. The molecule has 1 aliphatic heterocycles. The fourth-order valence-electron chi connectivity index (χ4n) is 5.52. The number of aromatic nitrogens is 2. The van der Waals surface area contributed by atoms with Gasteiger partial charge in [-0.3, -0.25) is 14.4 Å². The van der Waals surface area contributed by atoms with Crippen LogP contribution in [0.5, 0.6) is 0 Å². The summed E-state index contributed by atoms with van der Waals surface area (Å²) in [5.74, 6) is 0.798. The molecule has 1 aromatic carbocycles. The van der Waals surface area contributed by atoms with Crippen LogP contribution in [0.2, 0.25) is 0 Å². The van der Waals surface area contributed by atoms with E-state index in [-0.39, 0.29) is 29.8 Å². The van der Waals surface area contributed by atoms with Gasteiger partial charge in [-0.25, -0.2) is 4.98 Å². The average Bonchev–Trinajstić information content (AvgIpc) is 3.80. The molecule has 0 spiro atoms. The number of amides is 2. The zero-order chi connectivity index (χ0) is 29.3. The lowest BCUT2D eigenvalue weighted by atomic mass is 9.97. The maximum Gasteiger partial charge on any atom is 0.253 e. The smallest absolute Gasteiger partial charge is 0.253 e. The Balaban J connectivity index is 1.48. The molecular formula is C32H40N6O3. The molecule has 0 atom stereocenters. The summed E-state index contributed by atoms with van der Waals surface area (Å²) in [4.78, 5) is 53.4. The van der Waals surface area contributed by atoms with Gasteiger partial charge < -0.3 is 25.0 Å². The fraction of sp³-hybridized carbons (Fsp3) is 0.438. The SMILES string of the molecule is CCN(C(=O)C1CC1)c1cc(-c2ccc(N3CCN(C)CC3)nc2)cc(C(=O)NCc2c(C)cc(C)[nH]c2=O)c1C. The van der Waals surface area contributed by atoms with Gasteiger partial charge in [-0.2, -0.15) is 0 Å². The first-order valence-electron chi connectivity index (χ1n) is 14.5. The van der Waals surface area contributed by atoms with E-state index in [1.165, 1.54) is 0 Å². The minimum Gasteiger partial charge on any atom is -0.354 e. The largest absolute Gasteiger partial charge is 0.354 e. The van der Waals surface area contributed by atoms with Gasteiger partial charge in [-0.05, 0) is 94.6 Å². The van der Waals surface area contributed by atoms with Gasteiger partial charge in [0.2, 0.25) is 5.91 Å². The summed E-state index contributed by atoms with van der Waals surface area (Å²) in [6, 6.07) is 9.82. The topological polar surface area (TPSA) is 102 Å². The van der Waals surface area contributed by atoms with Gasteiger partial charge in [0.15, 0.2) is 0 Å². The molecule has 41 heavy (non-hydrogen) atoms. The van der Waals surface area contributed by atoms with Crippen molar-refractivity contribution in [2.75, 3.05) is 49.6 Å². The third kappa shape index (κ3) is 6.20. The molecule has 5 rings (SSSR count). The number of benzene rings is 1. The minimum atomic E-state index is -0.290. The Labute approximate surface area is 241 Å². The Bertz CT molecular complexity index is 1500. The van der Waals surface area contributed by atoms with E-state index in [4.69, 9.17) is 4.98 Å². The van der Waals surface area contributed by atoms with Gasteiger partial charge in [0.05, 0.1) is 0 Å². The lowest BCUT2D eigenvalue weighted by Crippen LogP contribution is -2.44. The Kier molecular flexibility index (Phi) is 8.26. The number of carbonyl (C=O) groups excluding carboxylic acids is 2. The Hall–Kier alpha value is -3.98. The van der Waals surface area contributed by atoms with Crippen LogP contribution in [-0.4, -0.2) is 66.5 Å². The van der Waals surface area contributed by atoms with Crippen LogP contribution in [0.4, 0.5) is 11.5 Å². The Morgan fingerprint density at radius 1 is 1.05 bits per heavy atom. The quantitative estimate of drug-likeness (QED) is 0.438. The third-order valence-corrected chi connectivity index (χ3v) is 8.25. The number of likely N-dealkylation sites (N-methyl/N-ethyl adjacent to an activating group) is 1. The standard InChI is InChI=1S/C32H40N6O3/c1-6-38(32(41)23-7-8-23)28-17-25(24-9-10-29(33-18-24)37-13-11-36(5)12-14-37)16-26(22(28)4)30(39)34-19-27-20(2)15-21(3)35-31(27)40/h9-10,15-18,23H,6-8,11-14,19H2,1-5H3,(H,34,39)(H,35,40). The number of rotatable bonds is 8. The fourth-order valence-corrected chi connectivity index (χ4v) is 5.52. The van der Waals surface area contributed by atoms with E-state index < -0.39 is 0 Å². The maximum atomic E-state index is 13.6. The van der Waals surface area contributed by atoms with Crippen LogP contribution in [0.25, 0.3) is 11.1 Å². The summed E-state index contributed by atoms with van der Waals surface area (Å²) in [5, 5.41) is 2.95. The van der Waals surface area contributed by atoms with Crippen molar-refractivity contribution < 1.29 is 9.59 Å². The number of pyridine rings is 2. The number of anilines is 2. The van der Waals surface area contributed by atoms with Crippen LogP contribution in [0.15, 0.2) is 41.3 Å². The summed E-state index contributed by atoms with van der Waals surface area (Å²) in [7, 11) is 2.13. The zero-order valence-corrected chi connectivity index (χ0v) is 24.7. The van der Waals surface area contributed by atoms with Crippen molar-refractivity contribution >= 4 is 23.3 Å². The van der Waals surface area contributed by atoms with Gasteiger partial charge in [0.1, 0.15) is 5.82 Å². The van der Waals surface area contributed by atoms with Crippen LogP contribution < -0.4 is 20.7 Å². The summed E-state index contributed by atoms with van der Waals surface area (Å²) in [6.07, 6.45) is 3.66. The van der Waals surface area contributed by atoms with Crippen LogP contribution in [0.1, 0.15) is 52.5 Å². The number of hydrogen-bond donors (Lipinski definition) is 2. The van der Waals surface area contributed by atoms with Gasteiger partial charge in [-0.1, -0.05) is 0 Å². The van der Waals surface area contributed by atoms with Gasteiger partial charge in [-0.15, -0.1) is 0 Å². The maximum absolute atomic E-state index is 13.6. The van der Waals surface area contributed by atoms with Crippen LogP contribution in [0.3, 0.4) is 0 Å². The number of piperazine rings is 1. The average molecular weight is 557 g/mol. The van der Waals surface area contributed by atoms with Crippen molar-refractivity contribution in [3.05, 3.63) is 74.8 Å². The second-order valence-corrected chi connectivity index (χ2v) is 11.3. The molecule has 216 valence electrons. The molecule has 3 aromatic rings. The molecule has 2 aromatic heterocycles. The van der Waals surface area contributed by atoms with Gasteiger partial charge in [0.25, 0.3) is 11.5 Å². The highest BCUT2D eigenvalue weighted by Crippen LogP contribution is 2.36. The first kappa shape index (κ1) is 28.5. The van der Waals surface area contributed by atoms with Crippen LogP contribution in [-0.2, 0) is 11.3 Å². The first-order valence-corrected chi connectivity index (χ1v) is 14.5. The summed E-state index contributed by atoms with van der Waals surface area (Å²) in [6.45, 7) is 12.0. The summed E-state index contributed by atoms with van der Waals surface area (Å²) >= 11 is 0. The summed E-state index contributed by atoms with van der Waals surface area (Å²) < 4.78 is 0. The van der Waals surface area contributed by atoms with E-state index in [9.17, 15) is 14.4 Å². The van der Waals surface area contributed by atoms with Crippen LogP contribution in [0, 0.1) is 26.7 Å². The first-order chi connectivity index (χ1) is 19.7. The van der Waals surface area contributed by atoms with Gasteiger partial charge >= 0.3 is 0 Å². The molecular weight excluding hydrogens is 516 g/mol. The van der Waals surface area contributed by atoms with E-state index >= 15 is 0 Å². The van der Waals surface area contributed by atoms with Crippen molar-refractivity contribution in [3.8, 4) is 11.1 Å². The van der Waals surface area contributed by atoms with E-state index in [0.717, 1.165) is 78.5 Å². The highest BCUT2D eigenvalue weighted by Gasteiger charge is 2.34. The molecule has 1 aliphatic carbocycles. The highest BCUT2D eigenvalue weighted by molar-refractivity contribution is 6.03. The van der Waals surface area contributed by atoms with Gasteiger partial charge in [0, 0.05) is 79.5 Å². The number of hydrogen-bond acceptors (Lipinski definition) is 6.